The van der Waals surface area contributed by atoms with E-state index >= 15 is 0 Å². The van der Waals surface area contributed by atoms with Crippen LogP contribution in [0.4, 0.5) is 4.79 Å². The maximum atomic E-state index is 13.3. The average molecular weight is 734 g/mol. The van der Waals surface area contributed by atoms with Crippen LogP contribution in [0.5, 0.6) is 5.88 Å². The Kier molecular flexibility index (Phi) is 11.1. The van der Waals surface area contributed by atoms with Gasteiger partial charge in [0, 0.05) is 91.3 Å². The fourth-order valence-corrected chi connectivity index (χ4v) is 7.08. The predicted octanol–water partition coefficient (Wildman–Crippen LogP) is 5.48. The summed E-state index contributed by atoms with van der Waals surface area (Å²) in [4.78, 5) is 48.9. The molecule has 6 rings (SSSR count). The summed E-state index contributed by atoms with van der Waals surface area (Å²) in [6.45, 7) is 3.45. The van der Waals surface area contributed by atoms with Crippen LogP contribution in [0.25, 0.3) is 33.6 Å². The van der Waals surface area contributed by atoms with Crippen molar-refractivity contribution in [3.8, 4) is 39.5 Å². The van der Waals surface area contributed by atoms with E-state index in [1.54, 1.807) is 43.3 Å². The molecule has 4 heterocycles. The largest absolute Gasteiger partial charge is 0.481 e. The Labute approximate surface area is 305 Å². The summed E-state index contributed by atoms with van der Waals surface area (Å²) in [5.74, 6) is 0.187. The highest BCUT2D eigenvalue weighted by atomic mass is 35.5. The molecule has 0 spiro atoms. The number of benzene rings is 2. The summed E-state index contributed by atoms with van der Waals surface area (Å²) in [5.41, 5.74) is 6.08. The van der Waals surface area contributed by atoms with Gasteiger partial charge in [0.15, 0.2) is 0 Å². The molecule has 1 saturated heterocycles. The van der Waals surface area contributed by atoms with Crippen molar-refractivity contribution in [3.63, 3.8) is 0 Å². The Morgan fingerprint density at radius 1 is 1.10 bits per heavy atom. The molecule has 1 unspecified atom stereocenters. The average Bonchev–Trinajstić information content (AvgIpc) is 3.67. The van der Waals surface area contributed by atoms with E-state index in [9.17, 15) is 24.6 Å². The van der Waals surface area contributed by atoms with Crippen LogP contribution < -0.4 is 15.4 Å². The van der Waals surface area contributed by atoms with Gasteiger partial charge in [-0.2, -0.15) is 0 Å². The van der Waals surface area contributed by atoms with E-state index < -0.39 is 12.2 Å². The van der Waals surface area contributed by atoms with Gasteiger partial charge in [0.05, 0.1) is 34.6 Å². The second-order valence-corrected chi connectivity index (χ2v) is 13.4. The van der Waals surface area contributed by atoms with Crippen molar-refractivity contribution in [2.24, 2.45) is 0 Å². The van der Waals surface area contributed by atoms with Gasteiger partial charge < -0.3 is 35.4 Å². The van der Waals surface area contributed by atoms with E-state index in [2.05, 4.69) is 15.6 Å². The molecule has 3 amide bonds. The second kappa shape index (κ2) is 15.6. The molecule has 4 aromatic rings. The number of pyridine rings is 2. The first-order valence-corrected chi connectivity index (χ1v) is 17.4. The van der Waals surface area contributed by atoms with Gasteiger partial charge >= 0.3 is 6.09 Å². The lowest BCUT2D eigenvalue weighted by Gasteiger charge is -2.25. The minimum Gasteiger partial charge on any atom is -0.481 e. The fourth-order valence-electron chi connectivity index (χ4n) is 6.43. The standard InChI is InChI=1S/C37H38Cl2N6O6/c1-21(46)17-40-18-23-7-10-30(43-35(23)51-2)29-5-3-4-27(32(29)38)28-12-13-41-34(33(28)39)22-6-9-26-24(16-22)19-44(36(26)48)14-15-45(37(49)50)20-25-8-11-31(47)42-25/h3-7,9-10,12-13,16,21,25,40,46H,8,11,14-15,17-20H2,1-2H3,(H,42,47)(H,49,50)/t21?,25-/m0/s1. The van der Waals surface area contributed by atoms with Gasteiger partial charge in [-0.1, -0.05) is 53.5 Å². The number of aromatic nitrogens is 2. The number of carbonyl (C=O) groups is 3. The van der Waals surface area contributed by atoms with Gasteiger partial charge in [-0.25, -0.2) is 9.78 Å². The number of carbonyl (C=O) groups excluding carboxylic acids is 2. The van der Waals surface area contributed by atoms with Crippen LogP contribution in [-0.2, 0) is 17.9 Å². The number of amides is 3. The molecule has 51 heavy (non-hydrogen) atoms. The highest BCUT2D eigenvalue weighted by Gasteiger charge is 2.30. The van der Waals surface area contributed by atoms with Crippen molar-refractivity contribution >= 4 is 41.1 Å². The van der Waals surface area contributed by atoms with Crippen LogP contribution in [0.1, 0.15) is 41.3 Å². The molecule has 0 bridgehead atoms. The fraction of sp³-hybridized carbons (Fsp3) is 0.324. The first-order valence-electron chi connectivity index (χ1n) is 16.6. The minimum atomic E-state index is -1.10. The van der Waals surface area contributed by atoms with Gasteiger partial charge in [-0.15, -0.1) is 0 Å². The molecule has 2 aromatic heterocycles. The van der Waals surface area contributed by atoms with E-state index in [1.165, 1.54) is 4.90 Å². The third-order valence-electron chi connectivity index (χ3n) is 9.04. The molecule has 12 nitrogen and oxygen atoms in total. The zero-order chi connectivity index (χ0) is 36.2. The maximum absolute atomic E-state index is 13.3. The summed E-state index contributed by atoms with van der Waals surface area (Å²) in [6, 6.07) is 16.4. The van der Waals surface area contributed by atoms with E-state index in [4.69, 9.17) is 32.9 Å². The number of aliphatic hydroxyl groups excluding tert-OH is 1. The summed E-state index contributed by atoms with van der Waals surface area (Å²) in [5, 5.41) is 26.1. The molecule has 2 aliphatic rings. The number of hydrogen-bond donors (Lipinski definition) is 4. The number of hydrogen-bond acceptors (Lipinski definition) is 8. The molecule has 2 aromatic carbocycles. The zero-order valence-corrected chi connectivity index (χ0v) is 29.7. The van der Waals surface area contributed by atoms with Crippen LogP contribution in [0, 0.1) is 0 Å². The highest BCUT2D eigenvalue weighted by Crippen LogP contribution is 2.42. The van der Waals surface area contributed by atoms with E-state index in [0.29, 0.717) is 82.0 Å². The molecule has 266 valence electrons. The molecule has 2 atom stereocenters. The van der Waals surface area contributed by atoms with E-state index in [1.807, 2.05) is 36.4 Å². The van der Waals surface area contributed by atoms with Gasteiger partial charge in [0.2, 0.25) is 11.8 Å². The van der Waals surface area contributed by atoms with Crippen LogP contribution in [0.3, 0.4) is 0 Å². The van der Waals surface area contributed by atoms with Crippen molar-refractivity contribution < 1.29 is 29.3 Å². The molecular formula is C37H38Cl2N6O6. The first-order chi connectivity index (χ1) is 24.5. The topological polar surface area (TPSA) is 157 Å². The maximum Gasteiger partial charge on any atom is 0.407 e. The molecule has 0 aliphatic carbocycles. The molecule has 2 aliphatic heterocycles. The number of methoxy groups -OCH3 is 1. The van der Waals surface area contributed by atoms with Crippen LogP contribution in [0.15, 0.2) is 60.8 Å². The lowest BCUT2D eigenvalue weighted by atomic mass is 9.98. The van der Waals surface area contributed by atoms with E-state index in [-0.39, 0.29) is 37.5 Å². The predicted molar refractivity (Wildman–Crippen MR) is 194 cm³/mol. The zero-order valence-electron chi connectivity index (χ0n) is 28.2. The number of rotatable bonds is 13. The Hall–Kier alpha value is -4.75. The van der Waals surface area contributed by atoms with Crippen molar-refractivity contribution in [3.05, 3.63) is 87.5 Å². The monoisotopic (exact) mass is 732 g/mol. The van der Waals surface area contributed by atoms with Crippen molar-refractivity contribution in [2.45, 2.75) is 45.0 Å². The third-order valence-corrected chi connectivity index (χ3v) is 9.83. The number of aliphatic hydroxyl groups is 1. The molecular weight excluding hydrogens is 695 g/mol. The lowest BCUT2D eigenvalue weighted by molar-refractivity contribution is -0.119. The first kappa shape index (κ1) is 36.1. The van der Waals surface area contributed by atoms with Gasteiger partial charge in [-0.05, 0) is 43.2 Å². The number of carboxylic acid groups (broad SMARTS) is 1. The van der Waals surface area contributed by atoms with Gasteiger partial charge in [0.25, 0.3) is 5.91 Å². The molecule has 0 saturated carbocycles. The van der Waals surface area contributed by atoms with Gasteiger partial charge in [-0.3, -0.25) is 14.6 Å². The third kappa shape index (κ3) is 7.94. The van der Waals surface area contributed by atoms with Crippen LogP contribution >= 0.6 is 23.2 Å². The minimum absolute atomic E-state index is 0.0815. The summed E-state index contributed by atoms with van der Waals surface area (Å²) in [6.07, 6.45) is 1.06. The van der Waals surface area contributed by atoms with Crippen LogP contribution in [0.2, 0.25) is 10.0 Å². The summed E-state index contributed by atoms with van der Waals surface area (Å²) < 4.78 is 5.56. The molecule has 1 fully saturated rings. The number of halogens is 2. The Bertz CT molecular complexity index is 1970. The quantitative estimate of drug-likeness (QED) is 0.140. The molecule has 14 heteroatoms. The van der Waals surface area contributed by atoms with Crippen molar-refractivity contribution in [1.29, 1.82) is 0 Å². The molecule has 0 radical (unpaired) electrons. The summed E-state index contributed by atoms with van der Waals surface area (Å²) >= 11 is 14.1. The Morgan fingerprint density at radius 2 is 1.88 bits per heavy atom. The normalized spacial score (nSPS) is 15.9. The second-order valence-electron chi connectivity index (χ2n) is 12.7. The number of nitrogens with one attached hydrogen (secondary N) is 2. The smallest absolute Gasteiger partial charge is 0.407 e. The van der Waals surface area contributed by atoms with E-state index in [0.717, 1.165) is 16.7 Å². The Balaban J connectivity index is 1.20. The number of nitrogens with zero attached hydrogens (tertiary/aromatic N) is 4. The van der Waals surface area contributed by atoms with Crippen molar-refractivity contribution in [1.82, 2.24) is 30.4 Å². The highest BCUT2D eigenvalue weighted by molar-refractivity contribution is 6.39. The Morgan fingerprint density at radius 3 is 2.61 bits per heavy atom. The molecule has 4 N–H and O–H groups in total. The SMILES string of the molecule is COc1nc(-c2cccc(-c3ccnc(-c4ccc5c(c4)CN(CCN(C[C@@H]4CCC(=O)N4)C(=O)O)C5=O)c3Cl)c2Cl)ccc1CNCC(C)O. The van der Waals surface area contributed by atoms with Gasteiger partial charge in [0.1, 0.15) is 0 Å². The number of ether oxygens (including phenoxy) is 1. The lowest BCUT2D eigenvalue weighted by Crippen LogP contribution is -2.44. The van der Waals surface area contributed by atoms with Crippen molar-refractivity contribution in [2.75, 3.05) is 33.3 Å². The van der Waals surface area contributed by atoms with Crippen LogP contribution in [-0.4, -0.2) is 93.3 Å². The number of fused-ring (bicyclic) bond motifs is 1. The summed E-state index contributed by atoms with van der Waals surface area (Å²) in [7, 11) is 1.56.